The molecular formula is C12H14N2O5S. The van der Waals surface area contributed by atoms with E-state index in [1.165, 1.54) is 12.1 Å². The number of carbonyl (C=O) groups is 2. The average molecular weight is 298 g/mol. The van der Waals surface area contributed by atoms with Crippen LogP contribution in [0.4, 0.5) is 5.00 Å². The molecule has 1 saturated carbocycles. The zero-order valence-electron chi connectivity index (χ0n) is 10.7. The van der Waals surface area contributed by atoms with E-state index < -0.39 is 10.9 Å². The molecule has 0 atom stereocenters. The van der Waals surface area contributed by atoms with E-state index in [0.29, 0.717) is 0 Å². The van der Waals surface area contributed by atoms with Gasteiger partial charge in [0.05, 0.1) is 4.92 Å². The van der Waals surface area contributed by atoms with E-state index in [2.05, 4.69) is 5.32 Å². The van der Waals surface area contributed by atoms with E-state index >= 15 is 0 Å². The molecule has 1 N–H and O–H groups in total. The number of hydrogen-bond donors (Lipinski definition) is 1. The van der Waals surface area contributed by atoms with Gasteiger partial charge in [-0.1, -0.05) is 24.2 Å². The van der Waals surface area contributed by atoms with Crippen molar-refractivity contribution in [2.75, 3.05) is 6.61 Å². The van der Waals surface area contributed by atoms with Gasteiger partial charge in [-0.05, 0) is 18.9 Å². The zero-order chi connectivity index (χ0) is 14.5. The summed E-state index contributed by atoms with van der Waals surface area (Å²) >= 11 is 0.728. The Balaban J connectivity index is 1.78. The van der Waals surface area contributed by atoms with Crippen LogP contribution in [0.2, 0.25) is 0 Å². The molecule has 0 spiro atoms. The molecule has 0 bridgehead atoms. The van der Waals surface area contributed by atoms with Crippen molar-refractivity contribution >= 4 is 28.2 Å². The van der Waals surface area contributed by atoms with Gasteiger partial charge in [-0.2, -0.15) is 0 Å². The summed E-state index contributed by atoms with van der Waals surface area (Å²) in [4.78, 5) is 33.2. The van der Waals surface area contributed by atoms with Crippen LogP contribution in [0, 0.1) is 10.1 Å². The first-order valence-corrected chi connectivity index (χ1v) is 7.08. The van der Waals surface area contributed by atoms with Gasteiger partial charge in [0.2, 0.25) is 0 Å². The van der Waals surface area contributed by atoms with E-state index in [9.17, 15) is 19.7 Å². The minimum absolute atomic E-state index is 0.116. The Morgan fingerprint density at radius 1 is 1.40 bits per heavy atom. The second kappa shape index (κ2) is 6.47. The summed E-state index contributed by atoms with van der Waals surface area (Å²) in [5, 5.41) is 13.2. The number of carbonyl (C=O) groups excluding carboxylic acids is 2. The number of hydrogen-bond acceptors (Lipinski definition) is 6. The summed E-state index contributed by atoms with van der Waals surface area (Å²) in [6.07, 6.45) is 4.11. The molecule has 7 nitrogen and oxygen atoms in total. The molecule has 1 amide bonds. The number of amides is 1. The van der Waals surface area contributed by atoms with E-state index in [0.717, 1.165) is 37.0 Å². The van der Waals surface area contributed by atoms with Crippen LogP contribution in [-0.4, -0.2) is 29.4 Å². The Kier molecular flexibility index (Phi) is 4.67. The van der Waals surface area contributed by atoms with Gasteiger partial charge in [-0.25, -0.2) is 4.79 Å². The summed E-state index contributed by atoms with van der Waals surface area (Å²) in [7, 11) is 0. The highest BCUT2D eigenvalue weighted by molar-refractivity contribution is 7.17. The molecule has 2 rings (SSSR count). The molecule has 0 aromatic carbocycles. The summed E-state index contributed by atoms with van der Waals surface area (Å²) < 4.78 is 4.83. The molecule has 0 aliphatic heterocycles. The van der Waals surface area contributed by atoms with E-state index in [1.807, 2.05) is 0 Å². The van der Waals surface area contributed by atoms with Gasteiger partial charge in [-0.3, -0.25) is 14.9 Å². The average Bonchev–Trinajstić information content (AvgIpc) is 3.06. The lowest BCUT2D eigenvalue weighted by atomic mass is 10.2. The van der Waals surface area contributed by atoms with Crippen LogP contribution in [-0.2, 0) is 9.53 Å². The fraction of sp³-hybridized carbons (Fsp3) is 0.500. The van der Waals surface area contributed by atoms with Crippen LogP contribution in [0.25, 0.3) is 0 Å². The highest BCUT2D eigenvalue weighted by Gasteiger charge is 2.20. The number of nitrogens with one attached hydrogen (secondary N) is 1. The predicted molar refractivity (Wildman–Crippen MR) is 71.7 cm³/mol. The molecule has 1 fully saturated rings. The predicted octanol–water partition coefficient (Wildman–Crippen LogP) is 1.87. The molecule has 1 aliphatic rings. The van der Waals surface area contributed by atoms with E-state index in [4.69, 9.17) is 4.74 Å². The van der Waals surface area contributed by atoms with Crippen molar-refractivity contribution in [2.45, 2.75) is 31.7 Å². The molecule has 108 valence electrons. The van der Waals surface area contributed by atoms with Crippen LogP contribution < -0.4 is 5.32 Å². The second-order valence-electron chi connectivity index (χ2n) is 4.52. The van der Waals surface area contributed by atoms with Gasteiger partial charge < -0.3 is 10.1 Å². The van der Waals surface area contributed by atoms with Crippen molar-refractivity contribution in [2.24, 2.45) is 0 Å². The summed E-state index contributed by atoms with van der Waals surface area (Å²) in [5.74, 6) is -1.05. The minimum atomic E-state index is -0.718. The lowest BCUT2D eigenvalue weighted by Gasteiger charge is -2.11. The Labute approximate surface area is 119 Å². The SMILES string of the molecule is O=C(COC(=O)c1ccc([N+](=O)[O-])s1)NC1CCCC1. The molecule has 1 aromatic heterocycles. The number of ether oxygens (including phenoxy) is 1. The highest BCUT2D eigenvalue weighted by Crippen LogP contribution is 2.24. The number of thiophene rings is 1. The maximum absolute atomic E-state index is 11.6. The second-order valence-corrected chi connectivity index (χ2v) is 5.58. The lowest BCUT2D eigenvalue weighted by Crippen LogP contribution is -2.35. The highest BCUT2D eigenvalue weighted by atomic mass is 32.1. The summed E-state index contributed by atoms with van der Waals surface area (Å²) in [5.41, 5.74) is 0. The first kappa shape index (κ1) is 14.4. The quantitative estimate of drug-likeness (QED) is 0.508. The van der Waals surface area contributed by atoms with Gasteiger partial charge >= 0.3 is 11.0 Å². The normalized spacial score (nSPS) is 15.0. The van der Waals surface area contributed by atoms with Crippen molar-refractivity contribution in [1.29, 1.82) is 0 Å². The first-order valence-electron chi connectivity index (χ1n) is 6.27. The van der Waals surface area contributed by atoms with Crippen molar-refractivity contribution in [3.8, 4) is 0 Å². The molecule has 0 saturated heterocycles. The third-order valence-corrected chi connectivity index (χ3v) is 4.04. The van der Waals surface area contributed by atoms with Gasteiger partial charge in [0.1, 0.15) is 4.88 Å². The van der Waals surface area contributed by atoms with Crippen LogP contribution in [0.15, 0.2) is 12.1 Å². The van der Waals surface area contributed by atoms with Crippen LogP contribution in [0.1, 0.15) is 35.4 Å². The van der Waals surface area contributed by atoms with E-state index in [1.54, 1.807) is 0 Å². The van der Waals surface area contributed by atoms with Crippen molar-refractivity contribution < 1.29 is 19.2 Å². The third kappa shape index (κ3) is 3.77. The maximum Gasteiger partial charge on any atom is 0.349 e. The number of esters is 1. The number of nitro groups is 1. The Bertz CT molecular complexity index is 522. The van der Waals surface area contributed by atoms with Crippen LogP contribution in [0.3, 0.4) is 0 Å². The number of rotatable bonds is 5. The largest absolute Gasteiger partial charge is 0.451 e. The van der Waals surface area contributed by atoms with Crippen LogP contribution >= 0.6 is 11.3 Å². The zero-order valence-corrected chi connectivity index (χ0v) is 11.5. The molecule has 0 radical (unpaired) electrons. The van der Waals surface area contributed by atoms with Gasteiger partial charge in [0, 0.05) is 12.1 Å². The lowest BCUT2D eigenvalue weighted by molar-refractivity contribution is -0.380. The molecule has 8 heteroatoms. The monoisotopic (exact) mass is 298 g/mol. The summed E-state index contributed by atoms with van der Waals surface area (Å²) in [6, 6.07) is 2.73. The first-order chi connectivity index (χ1) is 9.56. The fourth-order valence-electron chi connectivity index (χ4n) is 2.08. The molecular weight excluding hydrogens is 284 g/mol. The number of nitrogens with zero attached hydrogens (tertiary/aromatic N) is 1. The third-order valence-electron chi connectivity index (χ3n) is 3.03. The Hall–Kier alpha value is -1.96. The van der Waals surface area contributed by atoms with Gasteiger partial charge in [-0.15, -0.1) is 0 Å². The van der Waals surface area contributed by atoms with Crippen molar-refractivity contribution in [3.05, 3.63) is 27.1 Å². The van der Waals surface area contributed by atoms with Gasteiger partial charge in [0.15, 0.2) is 6.61 Å². The molecule has 20 heavy (non-hydrogen) atoms. The minimum Gasteiger partial charge on any atom is -0.451 e. The Morgan fingerprint density at radius 3 is 2.70 bits per heavy atom. The molecule has 1 heterocycles. The molecule has 1 aromatic rings. The smallest absolute Gasteiger partial charge is 0.349 e. The maximum atomic E-state index is 11.6. The molecule has 0 unspecified atom stereocenters. The van der Waals surface area contributed by atoms with Gasteiger partial charge in [0.25, 0.3) is 5.91 Å². The summed E-state index contributed by atoms with van der Waals surface area (Å²) in [6.45, 7) is -0.360. The van der Waals surface area contributed by atoms with Crippen LogP contribution in [0.5, 0.6) is 0 Å². The van der Waals surface area contributed by atoms with Crippen molar-refractivity contribution in [3.63, 3.8) is 0 Å². The van der Waals surface area contributed by atoms with E-state index in [-0.39, 0.29) is 28.4 Å². The molecule has 1 aliphatic carbocycles. The Morgan fingerprint density at radius 2 is 2.10 bits per heavy atom. The topological polar surface area (TPSA) is 98.5 Å². The standard InChI is InChI=1S/C12H14N2O5S/c15-10(13-8-3-1-2-4-8)7-19-12(16)9-5-6-11(20-9)14(17)18/h5-6,8H,1-4,7H2,(H,13,15). The van der Waals surface area contributed by atoms with Crippen molar-refractivity contribution in [1.82, 2.24) is 5.32 Å². The fourth-order valence-corrected chi connectivity index (χ4v) is 2.79.